The third-order valence-electron chi connectivity index (χ3n) is 4.10. The second-order valence-electron chi connectivity index (χ2n) is 5.69. The Kier molecular flexibility index (Phi) is 2.90. The van der Waals surface area contributed by atoms with Gasteiger partial charge in [0.25, 0.3) is 0 Å². The Morgan fingerprint density at radius 1 is 0.810 bits per heavy atom. The average Bonchev–Trinajstić information content (AvgIpc) is 3.25. The van der Waals surface area contributed by atoms with Gasteiger partial charge in [0.05, 0.1) is 0 Å². The van der Waals surface area contributed by atoms with Gasteiger partial charge in [-0.05, 0) is 47.0 Å². The van der Waals surface area contributed by atoms with Gasteiger partial charge in [-0.15, -0.1) is 0 Å². The maximum Gasteiger partial charge on any atom is 0.128 e. The zero-order valence-electron chi connectivity index (χ0n) is 11.7. The van der Waals surface area contributed by atoms with Gasteiger partial charge in [-0.1, -0.05) is 42.5 Å². The fourth-order valence-corrected chi connectivity index (χ4v) is 2.75. The topological polar surface area (TPSA) is 35.2 Å². The third-order valence-corrected chi connectivity index (χ3v) is 4.10. The molecule has 2 atom stereocenters. The fraction of sp³-hybridized carbons (Fsp3) is 0.158. The molecular weight excluding hydrogens is 258 g/mol. The molecule has 1 aliphatic rings. The molecule has 1 aliphatic carbocycles. The van der Waals surface area contributed by atoms with E-state index in [2.05, 4.69) is 36.4 Å². The summed E-state index contributed by atoms with van der Waals surface area (Å²) in [7, 11) is 0. The molecule has 1 fully saturated rings. The smallest absolute Gasteiger partial charge is 0.128 e. The molecule has 0 radical (unpaired) electrons. The van der Waals surface area contributed by atoms with E-state index in [9.17, 15) is 0 Å². The summed E-state index contributed by atoms with van der Waals surface area (Å²) in [5.41, 5.74) is 7.19. The van der Waals surface area contributed by atoms with E-state index in [0.29, 0.717) is 12.0 Å². The third kappa shape index (κ3) is 2.50. The highest BCUT2D eigenvalue weighted by molar-refractivity contribution is 5.83. The van der Waals surface area contributed by atoms with Gasteiger partial charge in [-0.3, -0.25) is 0 Å². The molecule has 0 amide bonds. The van der Waals surface area contributed by atoms with Crippen LogP contribution in [0.4, 0.5) is 0 Å². The summed E-state index contributed by atoms with van der Waals surface area (Å²) in [6, 6.07) is 23.1. The maximum atomic E-state index is 5.94. The van der Waals surface area contributed by atoms with Crippen LogP contribution in [0.25, 0.3) is 10.8 Å². The van der Waals surface area contributed by atoms with Crippen molar-refractivity contribution in [2.45, 2.75) is 18.4 Å². The number of rotatable bonds is 3. The number of nitrogens with two attached hydrogens (primary N) is 1. The lowest BCUT2D eigenvalue weighted by Gasteiger charge is -2.08. The quantitative estimate of drug-likeness (QED) is 0.766. The van der Waals surface area contributed by atoms with E-state index in [1.807, 2.05) is 30.3 Å². The van der Waals surface area contributed by atoms with Crippen LogP contribution in [0.1, 0.15) is 17.9 Å². The first-order valence-electron chi connectivity index (χ1n) is 7.32. The van der Waals surface area contributed by atoms with E-state index in [4.69, 9.17) is 10.5 Å². The lowest BCUT2D eigenvalue weighted by atomic mass is 10.1. The van der Waals surface area contributed by atoms with Gasteiger partial charge in [0.2, 0.25) is 0 Å². The number of benzene rings is 3. The van der Waals surface area contributed by atoms with Crippen molar-refractivity contribution in [3.8, 4) is 11.5 Å². The minimum Gasteiger partial charge on any atom is -0.457 e. The lowest BCUT2D eigenvalue weighted by molar-refractivity contribution is 0.483. The second kappa shape index (κ2) is 4.90. The van der Waals surface area contributed by atoms with Crippen LogP contribution in [0.3, 0.4) is 0 Å². The fourth-order valence-electron chi connectivity index (χ4n) is 2.75. The highest BCUT2D eigenvalue weighted by Gasteiger charge is 2.34. The molecule has 4 rings (SSSR count). The van der Waals surface area contributed by atoms with Crippen LogP contribution in [0.2, 0.25) is 0 Å². The molecule has 3 aromatic carbocycles. The van der Waals surface area contributed by atoms with E-state index < -0.39 is 0 Å². The van der Waals surface area contributed by atoms with Crippen molar-refractivity contribution in [2.75, 3.05) is 0 Å². The first-order valence-corrected chi connectivity index (χ1v) is 7.32. The molecule has 21 heavy (non-hydrogen) atoms. The van der Waals surface area contributed by atoms with Crippen LogP contribution < -0.4 is 10.5 Å². The molecular formula is C19H17NO. The predicted molar refractivity (Wildman–Crippen MR) is 85.8 cm³/mol. The standard InChI is InChI=1S/C19H17NO/c20-19-12-18(19)14-6-8-16(9-7-14)21-17-10-5-13-3-1-2-4-15(13)11-17/h1-11,18-19H,12,20H2. The largest absolute Gasteiger partial charge is 0.457 e. The maximum absolute atomic E-state index is 5.94. The van der Waals surface area contributed by atoms with Crippen molar-refractivity contribution in [1.29, 1.82) is 0 Å². The Hall–Kier alpha value is -2.32. The number of hydrogen-bond acceptors (Lipinski definition) is 2. The van der Waals surface area contributed by atoms with Crippen LogP contribution in [0.15, 0.2) is 66.7 Å². The van der Waals surface area contributed by atoms with Gasteiger partial charge in [-0.25, -0.2) is 0 Å². The van der Waals surface area contributed by atoms with Crippen molar-refractivity contribution in [2.24, 2.45) is 5.73 Å². The molecule has 3 aromatic rings. The number of ether oxygens (including phenoxy) is 1. The second-order valence-corrected chi connectivity index (χ2v) is 5.69. The Morgan fingerprint density at radius 2 is 1.48 bits per heavy atom. The molecule has 1 saturated carbocycles. The molecule has 0 bridgehead atoms. The zero-order chi connectivity index (χ0) is 14.2. The van der Waals surface area contributed by atoms with Crippen LogP contribution in [-0.4, -0.2) is 6.04 Å². The van der Waals surface area contributed by atoms with Crippen LogP contribution in [0.5, 0.6) is 11.5 Å². The summed E-state index contributed by atoms with van der Waals surface area (Å²) in [5, 5.41) is 2.42. The minimum atomic E-state index is 0.345. The minimum absolute atomic E-state index is 0.345. The molecule has 0 saturated heterocycles. The SMILES string of the molecule is NC1CC1c1ccc(Oc2ccc3ccccc3c2)cc1. The summed E-state index contributed by atoms with van der Waals surface area (Å²) >= 11 is 0. The number of fused-ring (bicyclic) bond motifs is 1. The summed E-state index contributed by atoms with van der Waals surface area (Å²) in [6.45, 7) is 0. The molecule has 104 valence electrons. The van der Waals surface area contributed by atoms with Crippen molar-refractivity contribution < 1.29 is 4.74 Å². The summed E-state index contributed by atoms with van der Waals surface area (Å²) in [6.07, 6.45) is 1.10. The highest BCUT2D eigenvalue weighted by Crippen LogP contribution is 2.39. The van der Waals surface area contributed by atoms with E-state index in [0.717, 1.165) is 17.9 Å². The normalized spacial score (nSPS) is 20.4. The molecule has 0 aliphatic heterocycles. The summed E-state index contributed by atoms with van der Waals surface area (Å²) in [4.78, 5) is 0. The van der Waals surface area contributed by atoms with Crippen molar-refractivity contribution >= 4 is 10.8 Å². The van der Waals surface area contributed by atoms with Gasteiger partial charge in [0, 0.05) is 12.0 Å². The van der Waals surface area contributed by atoms with E-state index in [1.165, 1.54) is 16.3 Å². The van der Waals surface area contributed by atoms with Crippen molar-refractivity contribution in [3.63, 3.8) is 0 Å². The molecule has 0 spiro atoms. The van der Waals surface area contributed by atoms with Crippen LogP contribution in [0, 0.1) is 0 Å². The lowest BCUT2D eigenvalue weighted by Crippen LogP contribution is -2.00. The summed E-state index contributed by atoms with van der Waals surface area (Å²) in [5.74, 6) is 2.27. The van der Waals surface area contributed by atoms with Gasteiger partial charge in [0.1, 0.15) is 11.5 Å². The monoisotopic (exact) mass is 275 g/mol. The van der Waals surface area contributed by atoms with Gasteiger partial charge in [0.15, 0.2) is 0 Å². The molecule has 0 heterocycles. The van der Waals surface area contributed by atoms with Crippen molar-refractivity contribution in [3.05, 3.63) is 72.3 Å². The van der Waals surface area contributed by atoms with Crippen LogP contribution in [-0.2, 0) is 0 Å². The molecule has 2 nitrogen and oxygen atoms in total. The summed E-state index contributed by atoms with van der Waals surface area (Å²) < 4.78 is 5.94. The zero-order valence-corrected chi connectivity index (χ0v) is 11.7. The Balaban J connectivity index is 1.56. The van der Waals surface area contributed by atoms with Gasteiger partial charge < -0.3 is 10.5 Å². The Labute approximate surface area is 124 Å². The highest BCUT2D eigenvalue weighted by atomic mass is 16.5. The molecule has 0 aromatic heterocycles. The Bertz CT molecular complexity index is 779. The molecule has 2 unspecified atom stereocenters. The van der Waals surface area contributed by atoms with E-state index >= 15 is 0 Å². The average molecular weight is 275 g/mol. The van der Waals surface area contributed by atoms with Crippen molar-refractivity contribution in [1.82, 2.24) is 0 Å². The molecule has 2 N–H and O–H groups in total. The first-order chi connectivity index (χ1) is 10.3. The molecule has 2 heteroatoms. The van der Waals surface area contributed by atoms with Crippen LogP contribution >= 0.6 is 0 Å². The number of hydrogen-bond donors (Lipinski definition) is 1. The van der Waals surface area contributed by atoms with E-state index in [1.54, 1.807) is 0 Å². The van der Waals surface area contributed by atoms with Gasteiger partial charge >= 0.3 is 0 Å². The van der Waals surface area contributed by atoms with E-state index in [-0.39, 0.29) is 0 Å². The van der Waals surface area contributed by atoms with Gasteiger partial charge in [-0.2, -0.15) is 0 Å². The predicted octanol–water partition coefficient (Wildman–Crippen LogP) is 4.45. The first kappa shape index (κ1) is 12.4. The Morgan fingerprint density at radius 3 is 2.19 bits per heavy atom.